The van der Waals surface area contributed by atoms with Crippen molar-refractivity contribution in [1.82, 2.24) is 10.2 Å². The molecule has 2 aliphatic heterocycles. The highest BCUT2D eigenvalue weighted by Gasteiger charge is 2.35. The van der Waals surface area contributed by atoms with Gasteiger partial charge in [-0.05, 0) is 76.6 Å². The maximum absolute atomic E-state index is 12.5. The predicted octanol–water partition coefficient (Wildman–Crippen LogP) is 4.32. The third-order valence-corrected chi connectivity index (χ3v) is 7.35. The van der Waals surface area contributed by atoms with Crippen molar-refractivity contribution in [3.05, 3.63) is 29.8 Å². The van der Waals surface area contributed by atoms with Gasteiger partial charge in [0.05, 0.1) is 0 Å². The molecule has 7 heteroatoms. The zero-order chi connectivity index (χ0) is 21.8. The third-order valence-electron chi connectivity index (χ3n) is 6.13. The van der Waals surface area contributed by atoms with Gasteiger partial charge in [-0.15, -0.1) is 11.8 Å². The van der Waals surface area contributed by atoms with Crippen molar-refractivity contribution in [2.75, 3.05) is 25.9 Å². The largest absolute Gasteiger partial charge is 0.447 e. The molecule has 2 aliphatic rings. The van der Waals surface area contributed by atoms with Gasteiger partial charge in [-0.2, -0.15) is 0 Å². The molecule has 0 aliphatic carbocycles. The number of likely N-dealkylation sites (tertiary alicyclic amines) is 1. The van der Waals surface area contributed by atoms with Gasteiger partial charge in [-0.25, -0.2) is 9.59 Å². The summed E-state index contributed by atoms with van der Waals surface area (Å²) in [6, 6.07) is 7.16. The van der Waals surface area contributed by atoms with Crippen molar-refractivity contribution >= 4 is 23.8 Å². The van der Waals surface area contributed by atoms with Crippen molar-refractivity contribution in [3.63, 3.8) is 0 Å². The minimum Gasteiger partial charge on any atom is -0.447 e. The van der Waals surface area contributed by atoms with Gasteiger partial charge < -0.3 is 19.7 Å². The minimum atomic E-state index is -0.688. The van der Waals surface area contributed by atoms with E-state index in [0.29, 0.717) is 12.2 Å². The summed E-state index contributed by atoms with van der Waals surface area (Å²) in [4.78, 5) is 26.6. The average Bonchev–Trinajstić information content (AvgIpc) is 2.95. The lowest BCUT2D eigenvalue weighted by Crippen LogP contribution is -2.43. The second-order valence-corrected chi connectivity index (χ2v) is 10.6. The van der Waals surface area contributed by atoms with Crippen LogP contribution in [-0.4, -0.2) is 53.8 Å². The van der Waals surface area contributed by atoms with Crippen molar-refractivity contribution in [3.8, 4) is 5.75 Å². The molecule has 1 aromatic carbocycles. The normalized spacial score (nSPS) is 27.5. The molecule has 2 fully saturated rings. The summed E-state index contributed by atoms with van der Waals surface area (Å²) in [5.41, 5.74) is 1.27. The van der Waals surface area contributed by atoms with E-state index in [1.54, 1.807) is 17.8 Å². The Bertz CT molecular complexity index is 769. The topological polar surface area (TPSA) is 67.9 Å². The Morgan fingerprint density at radius 2 is 2.17 bits per heavy atom. The Balaban J connectivity index is 1.69. The van der Waals surface area contributed by atoms with E-state index in [1.807, 2.05) is 26.0 Å². The number of esters is 1. The third kappa shape index (κ3) is 5.70. The molecule has 0 aromatic heterocycles. The number of rotatable bonds is 4. The summed E-state index contributed by atoms with van der Waals surface area (Å²) >= 11 is 1.56. The van der Waals surface area contributed by atoms with Crippen molar-refractivity contribution < 1.29 is 19.1 Å². The number of nitrogens with zero attached hydrogens (tertiary/aromatic N) is 1. The maximum atomic E-state index is 12.5. The first kappa shape index (κ1) is 22.9. The summed E-state index contributed by atoms with van der Waals surface area (Å²) in [6.07, 6.45) is 4.47. The fourth-order valence-electron chi connectivity index (χ4n) is 4.43. The Hall–Kier alpha value is -1.73. The summed E-state index contributed by atoms with van der Waals surface area (Å²) in [7, 11) is 2.18. The summed E-state index contributed by atoms with van der Waals surface area (Å²) in [6.45, 7) is 8.07. The summed E-state index contributed by atoms with van der Waals surface area (Å²) in [5, 5.41) is 2.68. The minimum absolute atomic E-state index is 0.0645. The molecule has 2 saturated heterocycles. The van der Waals surface area contributed by atoms with Crippen molar-refractivity contribution in [2.45, 2.75) is 69.3 Å². The number of thioether (sulfide) groups is 1. The number of hydrogen-bond donors (Lipinski definition) is 1. The van der Waals surface area contributed by atoms with Crippen LogP contribution in [0.3, 0.4) is 0 Å². The Morgan fingerprint density at radius 1 is 1.37 bits per heavy atom. The van der Waals surface area contributed by atoms with Crippen LogP contribution in [0, 0.1) is 0 Å². The van der Waals surface area contributed by atoms with E-state index in [0.717, 1.165) is 31.7 Å². The van der Waals surface area contributed by atoms with E-state index >= 15 is 0 Å². The lowest BCUT2D eigenvalue weighted by Gasteiger charge is -2.35. The van der Waals surface area contributed by atoms with Gasteiger partial charge >= 0.3 is 12.1 Å². The zero-order valence-corrected chi connectivity index (χ0v) is 19.3. The molecule has 30 heavy (non-hydrogen) atoms. The molecule has 1 N–H and O–H groups in total. The van der Waals surface area contributed by atoms with E-state index in [2.05, 4.69) is 30.3 Å². The number of nitrogens with one attached hydrogen (secondary N) is 1. The Labute approximate surface area is 184 Å². The first-order valence-corrected chi connectivity index (χ1v) is 11.9. The van der Waals surface area contributed by atoms with Crippen LogP contribution in [0.5, 0.6) is 5.75 Å². The van der Waals surface area contributed by atoms with E-state index in [1.165, 1.54) is 18.4 Å². The van der Waals surface area contributed by atoms with Crippen LogP contribution in [0.15, 0.2) is 24.3 Å². The zero-order valence-electron chi connectivity index (χ0n) is 18.5. The predicted molar refractivity (Wildman–Crippen MR) is 120 cm³/mol. The first-order valence-electron chi connectivity index (χ1n) is 10.9. The monoisotopic (exact) mass is 434 g/mol. The standard InChI is InChI=1S/C23H34N2O4S/c1-5-23(12-6-7-13-25(4)16-23)17-9-8-10-18(15-17)28-21(27)24-19-11-14-30-22(2,3)29-20(19)26/h8-10,15,19H,5-7,11-14,16H2,1-4H3,(H,24,27). The van der Waals surface area contributed by atoms with Gasteiger partial charge in [0, 0.05) is 12.0 Å². The van der Waals surface area contributed by atoms with E-state index in [9.17, 15) is 9.59 Å². The van der Waals surface area contributed by atoms with Crippen molar-refractivity contribution in [1.29, 1.82) is 0 Å². The number of benzene rings is 1. The Morgan fingerprint density at radius 3 is 2.93 bits per heavy atom. The van der Waals surface area contributed by atoms with Gasteiger partial charge in [0.1, 0.15) is 11.8 Å². The van der Waals surface area contributed by atoms with Crippen LogP contribution in [0.4, 0.5) is 4.79 Å². The highest BCUT2D eigenvalue weighted by molar-refractivity contribution is 8.00. The fraction of sp³-hybridized carbons (Fsp3) is 0.652. The van der Waals surface area contributed by atoms with Gasteiger partial charge in [-0.3, -0.25) is 0 Å². The molecule has 1 amide bonds. The van der Waals surface area contributed by atoms with E-state index in [4.69, 9.17) is 9.47 Å². The van der Waals surface area contributed by atoms with Crippen LogP contribution >= 0.6 is 11.8 Å². The molecule has 166 valence electrons. The second kappa shape index (κ2) is 9.60. The van der Waals surface area contributed by atoms with Crippen LogP contribution in [-0.2, 0) is 14.9 Å². The lowest BCUT2D eigenvalue weighted by molar-refractivity contribution is -0.151. The number of carbonyl (C=O) groups is 2. The van der Waals surface area contributed by atoms with Crippen LogP contribution in [0.2, 0.25) is 0 Å². The summed E-state index contributed by atoms with van der Waals surface area (Å²) in [5.74, 6) is 0.815. The number of cyclic esters (lactones) is 1. The van der Waals surface area contributed by atoms with Crippen LogP contribution in [0.1, 0.15) is 58.4 Å². The quantitative estimate of drug-likeness (QED) is 0.712. The molecular weight excluding hydrogens is 400 g/mol. The average molecular weight is 435 g/mol. The molecule has 0 spiro atoms. The van der Waals surface area contributed by atoms with Gasteiger partial charge in [0.15, 0.2) is 4.93 Å². The number of hydrogen-bond acceptors (Lipinski definition) is 6. The molecule has 0 saturated carbocycles. The number of likely N-dealkylation sites (N-methyl/N-ethyl adjacent to an activating group) is 1. The van der Waals surface area contributed by atoms with Gasteiger partial charge in [0.25, 0.3) is 0 Å². The SMILES string of the molecule is CCC1(c2cccc(OC(=O)NC3CCSC(C)(C)OC3=O)c2)CCCCN(C)C1. The highest BCUT2D eigenvalue weighted by Crippen LogP contribution is 2.37. The van der Waals surface area contributed by atoms with E-state index in [-0.39, 0.29) is 5.41 Å². The van der Waals surface area contributed by atoms with Crippen LogP contribution in [0.25, 0.3) is 0 Å². The Kier molecular flexibility index (Phi) is 7.34. The lowest BCUT2D eigenvalue weighted by atomic mass is 9.74. The fourth-order valence-corrected chi connectivity index (χ4v) is 5.42. The molecule has 2 unspecified atom stereocenters. The van der Waals surface area contributed by atoms with E-state index < -0.39 is 23.0 Å². The van der Waals surface area contributed by atoms with Gasteiger partial charge in [-0.1, -0.05) is 25.5 Å². The molecule has 6 nitrogen and oxygen atoms in total. The van der Waals surface area contributed by atoms with Gasteiger partial charge in [0.2, 0.25) is 0 Å². The molecule has 2 heterocycles. The first-order chi connectivity index (χ1) is 14.2. The maximum Gasteiger partial charge on any atom is 0.413 e. The molecular formula is C23H34N2O4S. The second-order valence-electron chi connectivity index (χ2n) is 8.90. The molecule has 0 bridgehead atoms. The number of ether oxygens (including phenoxy) is 2. The number of amides is 1. The molecule has 2 atom stereocenters. The van der Waals surface area contributed by atoms with Crippen LogP contribution < -0.4 is 10.1 Å². The highest BCUT2D eigenvalue weighted by atomic mass is 32.2. The summed E-state index contributed by atoms with van der Waals surface area (Å²) < 4.78 is 11.0. The molecule has 0 radical (unpaired) electrons. The number of carbonyl (C=O) groups excluding carboxylic acids is 2. The smallest absolute Gasteiger partial charge is 0.413 e. The molecule has 3 rings (SSSR count). The van der Waals surface area contributed by atoms with Crippen molar-refractivity contribution in [2.24, 2.45) is 0 Å². The molecule has 1 aromatic rings.